The van der Waals surface area contributed by atoms with E-state index in [1.54, 1.807) is 25.3 Å². The van der Waals surface area contributed by atoms with Gasteiger partial charge >= 0.3 is 5.69 Å². The summed E-state index contributed by atoms with van der Waals surface area (Å²) >= 11 is 0. The van der Waals surface area contributed by atoms with Crippen molar-refractivity contribution in [3.8, 4) is 0 Å². The molecule has 0 atom stereocenters. The van der Waals surface area contributed by atoms with Gasteiger partial charge in [0.2, 0.25) is 11.6 Å². The predicted octanol–water partition coefficient (Wildman–Crippen LogP) is 1.21. The van der Waals surface area contributed by atoms with Crippen LogP contribution in [0.25, 0.3) is 0 Å². The average Bonchev–Trinajstić information content (AvgIpc) is 2.79. The Labute approximate surface area is 175 Å². The van der Waals surface area contributed by atoms with Crippen LogP contribution in [0.5, 0.6) is 0 Å². The van der Waals surface area contributed by atoms with Crippen LogP contribution in [0, 0.1) is 10.1 Å². The normalized spacial score (nSPS) is 14.1. The number of hydrogen-bond acceptors (Lipinski definition) is 10. The van der Waals surface area contributed by atoms with Crippen LogP contribution in [0.15, 0.2) is 30.7 Å². The summed E-state index contributed by atoms with van der Waals surface area (Å²) in [6.07, 6.45) is 3.15. The molecule has 0 N–H and O–H groups in total. The van der Waals surface area contributed by atoms with Crippen molar-refractivity contribution in [2.75, 3.05) is 81.4 Å². The second-order valence-corrected chi connectivity index (χ2v) is 6.76. The maximum absolute atomic E-state index is 12.0. The fraction of sp³-hybridized carbons (Fsp3) is 0.526. The van der Waals surface area contributed by atoms with Crippen LogP contribution in [-0.4, -0.2) is 86.6 Å². The highest BCUT2D eigenvalue weighted by Crippen LogP contribution is 2.34. The van der Waals surface area contributed by atoms with Gasteiger partial charge in [0.05, 0.1) is 18.1 Å². The maximum Gasteiger partial charge on any atom is 0.353 e. The first-order valence-corrected chi connectivity index (χ1v) is 9.78. The lowest BCUT2D eigenvalue weighted by Crippen LogP contribution is -2.47. The molecule has 30 heavy (non-hydrogen) atoms. The summed E-state index contributed by atoms with van der Waals surface area (Å²) in [6.45, 7) is 4.37. The van der Waals surface area contributed by atoms with Crippen molar-refractivity contribution in [2.24, 2.45) is 0 Å². The van der Waals surface area contributed by atoms with E-state index >= 15 is 0 Å². The first kappa shape index (κ1) is 21.7. The van der Waals surface area contributed by atoms with Crippen LogP contribution in [0.3, 0.4) is 0 Å². The van der Waals surface area contributed by atoms with Gasteiger partial charge in [0, 0.05) is 59.7 Å². The molecule has 0 spiro atoms. The number of nitro groups is 1. The molecule has 0 radical (unpaired) electrons. The van der Waals surface area contributed by atoms with Gasteiger partial charge in [-0.05, 0) is 12.1 Å². The molecule has 2 aromatic heterocycles. The minimum atomic E-state index is -0.400. The topological polar surface area (TPSA) is 110 Å². The van der Waals surface area contributed by atoms with Gasteiger partial charge in [0.25, 0.3) is 0 Å². The van der Waals surface area contributed by atoms with E-state index in [1.807, 2.05) is 23.1 Å². The highest BCUT2D eigenvalue weighted by Gasteiger charge is 2.31. The minimum Gasteiger partial charge on any atom is -0.383 e. The molecule has 11 nitrogen and oxygen atoms in total. The Hall–Kier alpha value is -3.05. The van der Waals surface area contributed by atoms with Crippen molar-refractivity contribution < 1.29 is 14.4 Å². The maximum atomic E-state index is 12.0. The third-order valence-corrected chi connectivity index (χ3v) is 4.95. The molecule has 0 aromatic carbocycles. The van der Waals surface area contributed by atoms with Gasteiger partial charge < -0.3 is 24.2 Å². The molecule has 11 heteroatoms. The summed E-state index contributed by atoms with van der Waals surface area (Å²) in [5, 5.41) is 12.0. The number of ether oxygens (including phenoxy) is 2. The van der Waals surface area contributed by atoms with Gasteiger partial charge in [-0.25, -0.2) is 15.0 Å². The lowest BCUT2D eigenvalue weighted by Gasteiger charge is -2.36. The molecule has 0 aliphatic carbocycles. The molecule has 3 heterocycles. The molecule has 1 aliphatic rings. The van der Waals surface area contributed by atoms with E-state index in [0.717, 1.165) is 5.82 Å². The molecule has 0 bridgehead atoms. The highest BCUT2D eigenvalue weighted by molar-refractivity contribution is 5.71. The zero-order valence-corrected chi connectivity index (χ0v) is 17.3. The van der Waals surface area contributed by atoms with Crippen molar-refractivity contribution in [1.29, 1.82) is 0 Å². The third kappa shape index (κ3) is 5.10. The Morgan fingerprint density at radius 3 is 2.27 bits per heavy atom. The molecule has 1 fully saturated rings. The Bertz CT molecular complexity index is 808. The average molecular weight is 417 g/mol. The Kier molecular flexibility index (Phi) is 7.69. The summed E-state index contributed by atoms with van der Waals surface area (Å²) in [4.78, 5) is 30.4. The minimum absolute atomic E-state index is 0.0870. The lowest BCUT2D eigenvalue weighted by atomic mass is 10.2. The number of nitrogens with zero attached hydrogens (tertiary/aromatic N) is 7. The molecule has 0 saturated carbocycles. The number of pyridine rings is 1. The monoisotopic (exact) mass is 417 g/mol. The van der Waals surface area contributed by atoms with Crippen molar-refractivity contribution in [2.45, 2.75) is 0 Å². The molecule has 0 unspecified atom stereocenters. The number of aromatic nitrogens is 3. The van der Waals surface area contributed by atoms with Gasteiger partial charge in [0.1, 0.15) is 12.1 Å². The zero-order valence-electron chi connectivity index (χ0n) is 17.3. The van der Waals surface area contributed by atoms with Gasteiger partial charge in [-0.2, -0.15) is 0 Å². The van der Waals surface area contributed by atoms with Crippen molar-refractivity contribution in [3.63, 3.8) is 0 Å². The van der Waals surface area contributed by atoms with E-state index in [1.165, 1.54) is 6.33 Å². The molecular formula is C19H27N7O4. The molecule has 0 amide bonds. The number of anilines is 3. The number of methoxy groups -OCH3 is 2. The van der Waals surface area contributed by atoms with Gasteiger partial charge in [-0.3, -0.25) is 10.1 Å². The second kappa shape index (κ2) is 10.6. The van der Waals surface area contributed by atoms with Crippen LogP contribution in [-0.2, 0) is 9.47 Å². The summed E-state index contributed by atoms with van der Waals surface area (Å²) < 4.78 is 10.3. The SMILES string of the molecule is COCCN(CCOC)c1ncnc(N2CCN(c3ccccn3)CC2)c1[N+](=O)[O-]. The van der Waals surface area contributed by atoms with Crippen LogP contribution in [0.1, 0.15) is 0 Å². The predicted molar refractivity (Wildman–Crippen MR) is 113 cm³/mol. The second-order valence-electron chi connectivity index (χ2n) is 6.76. The molecular weight excluding hydrogens is 390 g/mol. The van der Waals surface area contributed by atoms with Gasteiger partial charge in [-0.1, -0.05) is 6.07 Å². The largest absolute Gasteiger partial charge is 0.383 e. The lowest BCUT2D eigenvalue weighted by molar-refractivity contribution is -0.383. The molecule has 1 aliphatic heterocycles. The molecule has 1 saturated heterocycles. The van der Waals surface area contributed by atoms with E-state index < -0.39 is 4.92 Å². The Morgan fingerprint density at radius 2 is 1.70 bits per heavy atom. The molecule has 3 rings (SSSR count). The summed E-state index contributed by atoms with van der Waals surface area (Å²) in [5.41, 5.74) is -0.0870. The van der Waals surface area contributed by atoms with Crippen LogP contribution >= 0.6 is 0 Å². The first-order chi connectivity index (χ1) is 14.7. The van der Waals surface area contributed by atoms with E-state index in [9.17, 15) is 10.1 Å². The van der Waals surface area contributed by atoms with Crippen molar-refractivity contribution >= 4 is 23.1 Å². The summed E-state index contributed by atoms with van der Waals surface area (Å²) in [5.74, 6) is 1.53. The zero-order chi connectivity index (χ0) is 21.3. The van der Waals surface area contributed by atoms with E-state index in [4.69, 9.17) is 9.47 Å². The fourth-order valence-corrected chi connectivity index (χ4v) is 3.40. The number of hydrogen-bond donors (Lipinski definition) is 0. The highest BCUT2D eigenvalue weighted by atomic mass is 16.6. The summed E-state index contributed by atoms with van der Waals surface area (Å²) in [6, 6.07) is 5.79. The van der Waals surface area contributed by atoms with Crippen LogP contribution in [0.2, 0.25) is 0 Å². The van der Waals surface area contributed by atoms with Gasteiger partial charge in [0.15, 0.2) is 0 Å². The van der Waals surface area contributed by atoms with E-state index in [-0.39, 0.29) is 11.5 Å². The Balaban J connectivity index is 1.83. The quantitative estimate of drug-likeness (QED) is 0.413. The number of piperazine rings is 1. The van der Waals surface area contributed by atoms with E-state index in [0.29, 0.717) is 58.3 Å². The first-order valence-electron chi connectivity index (χ1n) is 9.78. The number of rotatable bonds is 10. The standard InChI is InChI=1S/C19H27N7O4/c1-29-13-11-25(12-14-30-2)19-17(26(27)28)18(21-15-22-19)24-9-7-23(8-10-24)16-5-3-4-6-20-16/h3-6,15H,7-14H2,1-2H3. The van der Waals surface area contributed by atoms with Crippen LogP contribution in [0.4, 0.5) is 23.1 Å². The molecule has 2 aromatic rings. The summed E-state index contributed by atoms with van der Waals surface area (Å²) in [7, 11) is 3.19. The smallest absolute Gasteiger partial charge is 0.353 e. The Morgan fingerprint density at radius 1 is 1.03 bits per heavy atom. The van der Waals surface area contributed by atoms with Crippen molar-refractivity contribution in [1.82, 2.24) is 15.0 Å². The van der Waals surface area contributed by atoms with E-state index in [2.05, 4.69) is 19.9 Å². The van der Waals surface area contributed by atoms with Crippen LogP contribution < -0.4 is 14.7 Å². The van der Waals surface area contributed by atoms with Crippen molar-refractivity contribution in [3.05, 3.63) is 40.8 Å². The third-order valence-electron chi connectivity index (χ3n) is 4.95. The molecule has 162 valence electrons. The van der Waals surface area contributed by atoms with Gasteiger partial charge in [-0.15, -0.1) is 0 Å². The fourth-order valence-electron chi connectivity index (χ4n) is 3.40.